The molecule has 1 N–H and O–H groups in total. The van der Waals surface area contributed by atoms with Gasteiger partial charge in [0.15, 0.2) is 0 Å². The summed E-state index contributed by atoms with van der Waals surface area (Å²) >= 11 is 3.30. The van der Waals surface area contributed by atoms with Crippen LogP contribution in [-0.4, -0.2) is 54.0 Å². The van der Waals surface area contributed by atoms with Gasteiger partial charge in [0.1, 0.15) is 0 Å². The molecule has 6 heteroatoms. The summed E-state index contributed by atoms with van der Waals surface area (Å²) < 4.78 is 0.809. The van der Waals surface area contributed by atoms with Crippen molar-refractivity contribution in [1.29, 1.82) is 0 Å². The van der Waals surface area contributed by atoms with Crippen LogP contribution in [0.15, 0.2) is 22.9 Å². The Morgan fingerprint density at radius 2 is 2.06 bits per heavy atom. The predicted molar refractivity (Wildman–Crippen MR) is 68.5 cm³/mol. The maximum absolute atomic E-state index is 11.9. The topological polar surface area (TPSA) is 48.5 Å². The van der Waals surface area contributed by atoms with Gasteiger partial charge in [0.25, 0.3) is 5.91 Å². The second-order valence-electron chi connectivity index (χ2n) is 4.12. The van der Waals surface area contributed by atoms with Crippen LogP contribution in [0.3, 0.4) is 0 Å². The Kier molecular flexibility index (Phi) is 4.09. The maximum atomic E-state index is 11.9. The van der Waals surface area contributed by atoms with Crippen LogP contribution in [-0.2, 0) is 0 Å². The van der Waals surface area contributed by atoms with Crippen molar-refractivity contribution in [3.8, 4) is 0 Å². The first kappa shape index (κ1) is 12.5. The van der Waals surface area contributed by atoms with E-state index in [1.807, 2.05) is 5.01 Å². The molecular formula is C11H15BrN4O. The second-order valence-corrected chi connectivity index (χ2v) is 5.04. The van der Waals surface area contributed by atoms with Crippen LogP contribution >= 0.6 is 15.9 Å². The van der Waals surface area contributed by atoms with E-state index < -0.39 is 0 Å². The molecule has 1 amide bonds. The number of carbonyl (C=O) groups excluding carboxylic acids is 1. The molecule has 17 heavy (non-hydrogen) atoms. The molecule has 0 atom stereocenters. The van der Waals surface area contributed by atoms with E-state index in [1.54, 1.807) is 18.5 Å². The largest absolute Gasteiger partial charge is 0.304 e. The van der Waals surface area contributed by atoms with Crippen LogP contribution in [0.1, 0.15) is 10.4 Å². The molecule has 0 unspecified atom stereocenters. The van der Waals surface area contributed by atoms with Crippen molar-refractivity contribution in [3.63, 3.8) is 0 Å². The Hall–Kier alpha value is -0.980. The minimum absolute atomic E-state index is 0.108. The minimum Gasteiger partial charge on any atom is -0.304 e. The summed E-state index contributed by atoms with van der Waals surface area (Å²) in [6.45, 7) is 3.64. The first-order valence-corrected chi connectivity index (χ1v) is 6.29. The predicted octanol–water partition coefficient (Wildman–Crippen LogP) is 0.736. The number of carbonyl (C=O) groups is 1. The van der Waals surface area contributed by atoms with Gasteiger partial charge in [-0.25, -0.2) is 5.01 Å². The molecule has 0 saturated carbocycles. The van der Waals surface area contributed by atoms with Gasteiger partial charge in [0.2, 0.25) is 0 Å². The monoisotopic (exact) mass is 298 g/mol. The van der Waals surface area contributed by atoms with E-state index in [-0.39, 0.29) is 5.91 Å². The van der Waals surface area contributed by atoms with Gasteiger partial charge in [-0.1, -0.05) is 0 Å². The Labute approximate surface area is 109 Å². The standard InChI is InChI=1S/C11H15BrN4O/c1-15-2-4-16(5-3-15)14-11(17)9-6-10(12)8-13-7-9/h6-8H,2-5H2,1H3,(H,14,17). The summed E-state index contributed by atoms with van der Waals surface area (Å²) in [7, 11) is 2.08. The molecule has 1 aromatic heterocycles. The van der Waals surface area contributed by atoms with Crippen LogP contribution in [0.5, 0.6) is 0 Å². The third-order valence-corrected chi connectivity index (χ3v) is 3.16. The lowest BCUT2D eigenvalue weighted by atomic mass is 10.3. The maximum Gasteiger partial charge on any atom is 0.267 e. The van der Waals surface area contributed by atoms with Crippen molar-refractivity contribution in [1.82, 2.24) is 20.3 Å². The second kappa shape index (κ2) is 5.57. The molecule has 1 saturated heterocycles. The molecule has 0 bridgehead atoms. The van der Waals surface area contributed by atoms with Crippen LogP contribution < -0.4 is 5.43 Å². The highest BCUT2D eigenvalue weighted by molar-refractivity contribution is 9.10. The number of aromatic nitrogens is 1. The summed E-state index contributed by atoms with van der Waals surface area (Å²) in [5.74, 6) is -0.108. The summed E-state index contributed by atoms with van der Waals surface area (Å²) in [4.78, 5) is 18.1. The molecule has 1 fully saturated rings. The number of rotatable bonds is 2. The zero-order valence-electron chi connectivity index (χ0n) is 9.69. The van der Waals surface area contributed by atoms with Crippen LogP contribution in [0.4, 0.5) is 0 Å². The molecule has 1 aliphatic heterocycles. The Balaban J connectivity index is 1.93. The molecule has 0 aromatic carbocycles. The number of piperazine rings is 1. The van der Waals surface area contributed by atoms with E-state index in [0.717, 1.165) is 30.7 Å². The third-order valence-electron chi connectivity index (χ3n) is 2.73. The molecule has 5 nitrogen and oxygen atoms in total. The lowest BCUT2D eigenvalue weighted by Crippen LogP contribution is -2.52. The van der Waals surface area contributed by atoms with E-state index in [2.05, 4.69) is 38.3 Å². The van der Waals surface area contributed by atoms with Crippen molar-refractivity contribution < 1.29 is 4.79 Å². The van der Waals surface area contributed by atoms with Crippen molar-refractivity contribution in [2.45, 2.75) is 0 Å². The van der Waals surface area contributed by atoms with Crippen LogP contribution in [0.25, 0.3) is 0 Å². The number of hydrazine groups is 1. The van der Waals surface area contributed by atoms with Crippen molar-refractivity contribution in [2.24, 2.45) is 0 Å². The molecule has 92 valence electrons. The van der Waals surface area contributed by atoms with Crippen molar-refractivity contribution in [2.75, 3.05) is 33.2 Å². The van der Waals surface area contributed by atoms with Gasteiger partial charge in [-0.3, -0.25) is 15.2 Å². The number of nitrogens with zero attached hydrogens (tertiary/aromatic N) is 3. The Morgan fingerprint density at radius 3 is 2.71 bits per heavy atom. The molecule has 0 radical (unpaired) electrons. The Bertz CT molecular complexity index is 404. The molecule has 2 rings (SSSR count). The quantitative estimate of drug-likeness (QED) is 0.875. The number of amides is 1. The summed E-state index contributed by atoms with van der Waals surface area (Å²) in [5, 5.41) is 1.95. The summed E-state index contributed by atoms with van der Waals surface area (Å²) in [6, 6.07) is 1.76. The molecule has 0 aliphatic carbocycles. The molecule has 1 aromatic rings. The fourth-order valence-corrected chi connectivity index (χ4v) is 2.03. The van der Waals surface area contributed by atoms with E-state index in [0.29, 0.717) is 5.56 Å². The average molecular weight is 299 g/mol. The first-order valence-electron chi connectivity index (χ1n) is 5.50. The number of hydrogen-bond donors (Lipinski definition) is 1. The van der Waals surface area contributed by atoms with E-state index in [1.165, 1.54) is 0 Å². The van der Waals surface area contributed by atoms with Gasteiger partial charge in [0, 0.05) is 43.0 Å². The van der Waals surface area contributed by atoms with E-state index >= 15 is 0 Å². The van der Waals surface area contributed by atoms with E-state index in [4.69, 9.17) is 0 Å². The smallest absolute Gasteiger partial charge is 0.267 e. The van der Waals surface area contributed by atoms with Gasteiger partial charge in [-0.05, 0) is 29.0 Å². The van der Waals surface area contributed by atoms with Gasteiger partial charge in [-0.15, -0.1) is 0 Å². The zero-order chi connectivity index (χ0) is 12.3. The highest BCUT2D eigenvalue weighted by Gasteiger charge is 2.16. The van der Waals surface area contributed by atoms with Gasteiger partial charge in [0.05, 0.1) is 5.56 Å². The lowest BCUT2D eigenvalue weighted by Gasteiger charge is -2.32. The van der Waals surface area contributed by atoms with Gasteiger partial charge in [-0.2, -0.15) is 0 Å². The molecular weight excluding hydrogens is 284 g/mol. The molecule has 1 aliphatic rings. The Morgan fingerprint density at radius 1 is 1.35 bits per heavy atom. The fourth-order valence-electron chi connectivity index (χ4n) is 1.66. The number of pyridine rings is 1. The average Bonchev–Trinajstić information content (AvgIpc) is 2.32. The summed E-state index contributed by atoms with van der Waals surface area (Å²) in [6.07, 6.45) is 3.22. The van der Waals surface area contributed by atoms with Gasteiger partial charge >= 0.3 is 0 Å². The van der Waals surface area contributed by atoms with Crippen LogP contribution in [0, 0.1) is 0 Å². The van der Waals surface area contributed by atoms with E-state index in [9.17, 15) is 4.79 Å². The SMILES string of the molecule is CN1CCN(NC(=O)c2cncc(Br)c2)CC1. The molecule has 2 heterocycles. The number of nitrogens with one attached hydrogen (secondary N) is 1. The lowest BCUT2D eigenvalue weighted by molar-refractivity contribution is 0.0662. The van der Waals surface area contributed by atoms with Crippen molar-refractivity contribution in [3.05, 3.63) is 28.5 Å². The van der Waals surface area contributed by atoms with Gasteiger partial charge < -0.3 is 4.90 Å². The third kappa shape index (κ3) is 3.49. The first-order chi connectivity index (χ1) is 8.15. The highest BCUT2D eigenvalue weighted by Crippen LogP contribution is 2.09. The van der Waals surface area contributed by atoms with Crippen molar-refractivity contribution >= 4 is 21.8 Å². The number of likely N-dealkylation sites (N-methyl/N-ethyl adjacent to an activating group) is 1. The number of halogens is 1. The van der Waals surface area contributed by atoms with Crippen LogP contribution in [0.2, 0.25) is 0 Å². The normalized spacial score (nSPS) is 18.0. The summed E-state index contributed by atoms with van der Waals surface area (Å²) in [5.41, 5.74) is 3.46. The molecule has 0 spiro atoms. The zero-order valence-corrected chi connectivity index (χ0v) is 11.3. The minimum atomic E-state index is -0.108. The fraction of sp³-hybridized carbons (Fsp3) is 0.455. The highest BCUT2D eigenvalue weighted by atomic mass is 79.9. The number of hydrogen-bond acceptors (Lipinski definition) is 4.